The highest BCUT2D eigenvalue weighted by atomic mass is 19.1. The number of nitrogens with zero attached hydrogens (tertiary/aromatic N) is 6. The molecule has 2 aliphatic rings. The van der Waals surface area contributed by atoms with Gasteiger partial charge in [-0.2, -0.15) is 4.98 Å². The monoisotopic (exact) mass is 618 g/mol. The molecule has 12 heteroatoms. The molecule has 2 aromatic heterocycles. The SMILES string of the molecule is C=CC(=O)N1CC2CN(C)c3c(F)c(-c4c(O)cccc4F)c(F)c4c3c(nc(=O)n4-c3c(C)ccnc3C(C)C)N2CC1C. The van der Waals surface area contributed by atoms with E-state index in [-0.39, 0.29) is 65.6 Å². The first-order valence-corrected chi connectivity index (χ1v) is 14.7. The highest BCUT2D eigenvalue weighted by Crippen LogP contribution is 2.47. The van der Waals surface area contributed by atoms with Gasteiger partial charge in [0.15, 0.2) is 11.6 Å². The molecule has 1 amide bonds. The van der Waals surface area contributed by atoms with E-state index in [0.29, 0.717) is 11.3 Å². The Balaban J connectivity index is 1.80. The fraction of sp³-hybridized carbons (Fsp3) is 0.333. The van der Waals surface area contributed by atoms with Crippen molar-refractivity contribution in [3.05, 3.63) is 82.3 Å². The Kier molecular flexibility index (Phi) is 7.33. The first-order valence-electron chi connectivity index (χ1n) is 14.7. The molecular formula is C33H33F3N6O3. The number of carbonyl (C=O) groups excluding carboxylic acids is 1. The molecule has 1 saturated heterocycles. The number of likely N-dealkylation sites (N-methyl/N-ethyl adjacent to an activating group) is 1. The number of aromatic hydroxyl groups is 1. The molecule has 45 heavy (non-hydrogen) atoms. The number of fused-ring (bicyclic) bond motifs is 2. The number of piperazine rings is 1. The van der Waals surface area contributed by atoms with Gasteiger partial charge in [0, 0.05) is 38.9 Å². The third-order valence-electron chi connectivity index (χ3n) is 8.77. The summed E-state index contributed by atoms with van der Waals surface area (Å²) >= 11 is 0. The van der Waals surface area contributed by atoms with Crippen LogP contribution in [0.1, 0.15) is 37.9 Å². The number of phenolic OH excluding ortho intramolecular Hbond substituents is 1. The Bertz CT molecular complexity index is 1940. The highest BCUT2D eigenvalue weighted by Gasteiger charge is 2.41. The van der Waals surface area contributed by atoms with Gasteiger partial charge in [0.2, 0.25) is 5.91 Å². The normalized spacial score (nSPS) is 17.9. The van der Waals surface area contributed by atoms with E-state index >= 15 is 13.2 Å². The second kappa shape index (κ2) is 10.9. The summed E-state index contributed by atoms with van der Waals surface area (Å²) in [4.78, 5) is 40.9. The minimum absolute atomic E-state index is 0.0165. The maximum atomic E-state index is 17.2. The maximum Gasteiger partial charge on any atom is 0.354 e. The van der Waals surface area contributed by atoms with Gasteiger partial charge in [0.25, 0.3) is 0 Å². The first-order chi connectivity index (χ1) is 21.4. The third kappa shape index (κ3) is 4.53. The predicted molar refractivity (Wildman–Crippen MR) is 167 cm³/mol. The number of carbonyl (C=O) groups is 1. The number of benzene rings is 2. The number of hydrogen-bond acceptors (Lipinski definition) is 7. The summed E-state index contributed by atoms with van der Waals surface area (Å²) in [5, 5.41) is 10.7. The number of rotatable bonds is 4. The van der Waals surface area contributed by atoms with Crippen LogP contribution in [0, 0.1) is 24.4 Å². The van der Waals surface area contributed by atoms with Crippen LogP contribution in [0.4, 0.5) is 24.7 Å². The molecule has 6 rings (SSSR count). The van der Waals surface area contributed by atoms with E-state index in [2.05, 4.69) is 16.5 Å². The Morgan fingerprint density at radius 3 is 2.49 bits per heavy atom. The Morgan fingerprint density at radius 2 is 1.82 bits per heavy atom. The molecule has 1 N–H and O–H groups in total. The topological polar surface area (TPSA) is 94.8 Å². The van der Waals surface area contributed by atoms with Crippen LogP contribution in [-0.4, -0.2) is 69.2 Å². The zero-order valence-corrected chi connectivity index (χ0v) is 25.6. The zero-order valence-electron chi connectivity index (χ0n) is 25.6. The minimum atomic E-state index is -1.23. The summed E-state index contributed by atoms with van der Waals surface area (Å²) in [6, 6.07) is 4.25. The van der Waals surface area contributed by atoms with Crippen molar-refractivity contribution in [3.8, 4) is 22.6 Å². The number of aromatic nitrogens is 3. The number of aryl methyl sites for hydroxylation is 1. The van der Waals surface area contributed by atoms with Crippen molar-refractivity contribution in [1.82, 2.24) is 19.4 Å². The van der Waals surface area contributed by atoms with Crippen LogP contribution in [0.15, 0.2) is 47.9 Å². The zero-order chi connectivity index (χ0) is 32.5. The van der Waals surface area contributed by atoms with Crippen LogP contribution in [-0.2, 0) is 4.79 Å². The second-order valence-corrected chi connectivity index (χ2v) is 12.0. The first kappa shape index (κ1) is 30.2. The lowest BCUT2D eigenvalue weighted by molar-refractivity contribution is -0.128. The summed E-state index contributed by atoms with van der Waals surface area (Å²) < 4.78 is 50.6. The quantitative estimate of drug-likeness (QED) is 0.320. The van der Waals surface area contributed by atoms with E-state index in [4.69, 9.17) is 0 Å². The highest BCUT2D eigenvalue weighted by molar-refractivity contribution is 6.06. The Labute approximate surface area is 257 Å². The molecule has 0 aliphatic carbocycles. The molecule has 4 heterocycles. The van der Waals surface area contributed by atoms with Gasteiger partial charge >= 0.3 is 5.69 Å². The third-order valence-corrected chi connectivity index (χ3v) is 8.77. The summed E-state index contributed by atoms with van der Waals surface area (Å²) in [6.45, 7) is 11.5. The average Bonchev–Trinajstić information content (AvgIpc) is 3.10. The van der Waals surface area contributed by atoms with Crippen LogP contribution < -0.4 is 15.5 Å². The van der Waals surface area contributed by atoms with Crippen LogP contribution in [0.25, 0.3) is 27.7 Å². The lowest BCUT2D eigenvalue weighted by atomic mass is 9.97. The lowest BCUT2D eigenvalue weighted by Crippen LogP contribution is -2.61. The van der Waals surface area contributed by atoms with Crippen molar-refractivity contribution in [2.24, 2.45) is 0 Å². The van der Waals surface area contributed by atoms with Crippen molar-refractivity contribution < 1.29 is 23.1 Å². The largest absolute Gasteiger partial charge is 0.507 e. The lowest BCUT2D eigenvalue weighted by Gasteiger charge is -2.45. The number of halogens is 3. The molecule has 234 valence electrons. The van der Waals surface area contributed by atoms with Gasteiger partial charge in [-0.15, -0.1) is 0 Å². The summed E-state index contributed by atoms with van der Waals surface area (Å²) in [6.07, 6.45) is 2.81. The molecule has 0 saturated carbocycles. The van der Waals surface area contributed by atoms with Crippen molar-refractivity contribution in [2.75, 3.05) is 36.5 Å². The maximum absolute atomic E-state index is 17.2. The van der Waals surface area contributed by atoms with Gasteiger partial charge in [-0.3, -0.25) is 14.3 Å². The van der Waals surface area contributed by atoms with E-state index in [1.54, 1.807) is 36.0 Å². The summed E-state index contributed by atoms with van der Waals surface area (Å²) in [5.41, 5.74) is -1.38. The van der Waals surface area contributed by atoms with Gasteiger partial charge in [-0.05, 0) is 49.6 Å². The predicted octanol–water partition coefficient (Wildman–Crippen LogP) is 5.04. The summed E-state index contributed by atoms with van der Waals surface area (Å²) in [7, 11) is 1.61. The van der Waals surface area contributed by atoms with E-state index in [1.807, 2.05) is 25.7 Å². The molecule has 2 unspecified atom stereocenters. The van der Waals surface area contributed by atoms with Gasteiger partial charge in [0.1, 0.15) is 22.9 Å². The molecule has 0 bridgehead atoms. The number of hydrogen-bond donors (Lipinski definition) is 1. The van der Waals surface area contributed by atoms with E-state index < -0.39 is 46.1 Å². The van der Waals surface area contributed by atoms with Gasteiger partial charge in [-0.25, -0.2) is 18.0 Å². The van der Waals surface area contributed by atoms with E-state index in [1.165, 1.54) is 12.1 Å². The summed E-state index contributed by atoms with van der Waals surface area (Å²) in [5.74, 6) is -4.46. The molecule has 9 nitrogen and oxygen atoms in total. The Hall–Kier alpha value is -4.87. The number of phenols is 1. The van der Waals surface area contributed by atoms with Crippen molar-refractivity contribution in [1.29, 1.82) is 0 Å². The fourth-order valence-electron chi connectivity index (χ4n) is 6.70. The number of pyridine rings is 1. The van der Waals surface area contributed by atoms with Crippen molar-refractivity contribution >= 4 is 28.3 Å². The van der Waals surface area contributed by atoms with Crippen molar-refractivity contribution in [3.63, 3.8) is 0 Å². The molecule has 1 fully saturated rings. The van der Waals surface area contributed by atoms with Gasteiger partial charge in [0.05, 0.1) is 39.6 Å². The molecular weight excluding hydrogens is 585 g/mol. The molecule has 0 radical (unpaired) electrons. The van der Waals surface area contributed by atoms with Crippen LogP contribution in [0.2, 0.25) is 0 Å². The fourth-order valence-corrected chi connectivity index (χ4v) is 6.70. The van der Waals surface area contributed by atoms with Gasteiger partial charge < -0.3 is 19.8 Å². The minimum Gasteiger partial charge on any atom is -0.507 e. The molecule has 4 aromatic rings. The number of anilines is 2. The molecule has 2 aliphatic heterocycles. The average molecular weight is 619 g/mol. The van der Waals surface area contributed by atoms with Crippen LogP contribution in [0.3, 0.4) is 0 Å². The number of amides is 1. The molecule has 2 aromatic carbocycles. The van der Waals surface area contributed by atoms with Crippen LogP contribution in [0.5, 0.6) is 5.75 Å². The molecule has 2 atom stereocenters. The molecule has 0 spiro atoms. The Morgan fingerprint density at radius 1 is 1.09 bits per heavy atom. The van der Waals surface area contributed by atoms with Crippen LogP contribution >= 0.6 is 0 Å². The van der Waals surface area contributed by atoms with E-state index in [9.17, 15) is 14.7 Å². The standard InChI is InChI=1S/C33H33F3N6O3/c1-7-22(44)40-15-19-14-39(6)30-25-31(27(36)24(26(30)35)23-20(34)9-8-10-21(23)43)42(29-17(4)11-12-37-28(29)16(2)3)33(45)38-32(25)41(19)13-18(40)5/h7-12,16,18-19,43H,1,13-15H2,2-6H3. The second-order valence-electron chi connectivity index (χ2n) is 12.0. The van der Waals surface area contributed by atoms with Crippen molar-refractivity contribution in [2.45, 2.75) is 45.7 Å². The smallest absolute Gasteiger partial charge is 0.354 e. The van der Waals surface area contributed by atoms with Gasteiger partial charge in [-0.1, -0.05) is 26.5 Å². The van der Waals surface area contributed by atoms with E-state index in [0.717, 1.165) is 16.7 Å².